The molecule has 88 valence electrons. The van der Waals surface area contributed by atoms with Crippen LogP contribution in [0.3, 0.4) is 0 Å². The van der Waals surface area contributed by atoms with E-state index in [0.717, 1.165) is 5.69 Å². The van der Waals surface area contributed by atoms with E-state index in [2.05, 4.69) is 43.2 Å². The van der Waals surface area contributed by atoms with E-state index in [9.17, 15) is 0 Å². The Morgan fingerprint density at radius 2 is 2.25 bits per heavy atom. The second kappa shape index (κ2) is 4.54. The first-order chi connectivity index (χ1) is 7.57. The summed E-state index contributed by atoms with van der Waals surface area (Å²) in [5.74, 6) is 0. The van der Waals surface area contributed by atoms with Crippen LogP contribution >= 0.6 is 0 Å². The third-order valence-corrected chi connectivity index (χ3v) is 3.59. The van der Waals surface area contributed by atoms with E-state index in [-0.39, 0.29) is 0 Å². The summed E-state index contributed by atoms with van der Waals surface area (Å²) in [4.78, 5) is 4.39. The van der Waals surface area contributed by atoms with Crippen molar-refractivity contribution < 1.29 is 0 Å². The minimum Gasteiger partial charge on any atom is -0.306 e. The van der Waals surface area contributed by atoms with Gasteiger partial charge in [0.2, 0.25) is 0 Å². The highest BCUT2D eigenvalue weighted by Crippen LogP contribution is 2.37. The lowest BCUT2D eigenvalue weighted by molar-refractivity contribution is 0.355. The zero-order chi connectivity index (χ0) is 11.6. The minimum atomic E-state index is 0.361. The first-order valence-corrected chi connectivity index (χ1v) is 6.24. The summed E-state index contributed by atoms with van der Waals surface area (Å²) < 4.78 is 0. The Morgan fingerprint density at radius 3 is 2.81 bits per heavy atom. The van der Waals surface area contributed by atoms with E-state index < -0.39 is 0 Å². The summed E-state index contributed by atoms with van der Waals surface area (Å²) in [6.45, 7) is 6.92. The predicted molar refractivity (Wildman–Crippen MR) is 67.2 cm³/mol. The van der Waals surface area contributed by atoms with Gasteiger partial charge in [-0.1, -0.05) is 19.9 Å². The van der Waals surface area contributed by atoms with Gasteiger partial charge in [0.15, 0.2) is 0 Å². The Kier molecular flexibility index (Phi) is 3.29. The van der Waals surface area contributed by atoms with Crippen molar-refractivity contribution in [3.63, 3.8) is 0 Å². The highest BCUT2D eigenvalue weighted by atomic mass is 15.0. The van der Waals surface area contributed by atoms with Crippen LogP contribution in [-0.4, -0.2) is 11.0 Å². The summed E-state index contributed by atoms with van der Waals surface area (Å²) >= 11 is 0. The number of pyridine rings is 1. The Morgan fingerprint density at radius 1 is 1.44 bits per heavy atom. The van der Waals surface area contributed by atoms with Crippen molar-refractivity contribution in [2.75, 3.05) is 0 Å². The van der Waals surface area contributed by atoms with Gasteiger partial charge in [-0.05, 0) is 43.7 Å². The molecule has 0 saturated heterocycles. The molecule has 0 radical (unpaired) electrons. The maximum absolute atomic E-state index is 4.39. The molecule has 2 unspecified atom stereocenters. The molecule has 1 N–H and O–H groups in total. The molecular weight excluding hydrogens is 196 g/mol. The maximum Gasteiger partial charge on any atom is 0.0570 e. The van der Waals surface area contributed by atoms with Crippen molar-refractivity contribution >= 4 is 0 Å². The summed E-state index contributed by atoms with van der Waals surface area (Å²) in [7, 11) is 0. The van der Waals surface area contributed by atoms with Crippen molar-refractivity contribution in [2.24, 2.45) is 5.41 Å². The van der Waals surface area contributed by atoms with Crippen LogP contribution < -0.4 is 5.32 Å². The van der Waals surface area contributed by atoms with Crippen LogP contribution in [0.2, 0.25) is 0 Å². The summed E-state index contributed by atoms with van der Waals surface area (Å²) in [6, 6.07) is 7.14. The molecule has 1 saturated carbocycles. The number of hydrogen-bond acceptors (Lipinski definition) is 2. The van der Waals surface area contributed by atoms with Crippen molar-refractivity contribution in [2.45, 2.75) is 52.1 Å². The highest BCUT2D eigenvalue weighted by Gasteiger charge is 2.31. The van der Waals surface area contributed by atoms with Gasteiger partial charge in [0.05, 0.1) is 5.69 Å². The topological polar surface area (TPSA) is 24.9 Å². The molecule has 0 amide bonds. The van der Waals surface area contributed by atoms with Crippen molar-refractivity contribution in [3.05, 3.63) is 30.1 Å². The molecule has 0 spiro atoms. The van der Waals surface area contributed by atoms with Gasteiger partial charge >= 0.3 is 0 Å². The van der Waals surface area contributed by atoms with Crippen LogP contribution in [0.1, 0.15) is 51.8 Å². The molecular formula is C14H22N2. The van der Waals surface area contributed by atoms with Crippen molar-refractivity contribution in [1.29, 1.82) is 0 Å². The third-order valence-electron chi connectivity index (χ3n) is 3.59. The molecule has 2 nitrogen and oxygen atoms in total. The van der Waals surface area contributed by atoms with Gasteiger partial charge < -0.3 is 5.32 Å². The number of aromatic nitrogens is 1. The van der Waals surface area contributed by atoms with Gasteiger partial charge in [0, 0.05) is 18.3 Å². The quantitative estimate of drug-likeness (QED) is 0.842. The van der Waals surface area contributed by atoms with Gasteiger partial charge in [-0.3, -0.25) is 4.98 Å². The molecule has 1 heterocycles. The van der Waals surface area contributed by atoms with Gasteiger partial charge in [-0.25, -0.2) is 0 Å². The Hall–Kier alpha value is -0.890. The smallest absolute Gasteiger partial charge is 0.0570 e. The van der Waals surface area contributed by atoms with Crippen LogP contribution in [0.5, 0.6) is 0 Å². The molecule has 16 heavy (non-hydrogen) atoms. The minimum absolute atomic E-state index is 0.361. The van der Waals surface area contributed by atoms with Gasteiger partial charge in [0.1, 0.15) is 0 Å². The molecule has 2 atom stereocenters. The highest BCUT2D eigenvalue weighted by molar-refractivity contribution is 5.08. The third kappa shape index (κ3) is 2.82. The number of hydrogen-bond donors (Lipinski definition) is 1. The number of nitrogens with zero attached hydrogens (tertiary/aromatic N) is 1. The molecule has 1 aromatic rings. The largest absolute Gasteiger partial charge is 0.306 e. The SMILES string of the molecule is CC(NC1CCC(C)(C)C1)c1ccccn1. The fourth-order valence-electron chi connectivity index (χ4n) is 2.65. The van der Waals surface area contributed by atoms with Crippen LogP contribution in [0, 0.1) is 5.41 Å². The average molecular weight is 218 g/mol. The first-order valence-electron chi connectivity index (χ1n) is 6.24. The second-order valence-corrected chi connectivity index (χ2v) is 5.75. The fraction of sp³-hybridized carbons (Fsp3) is 0.643. The summed E-state index contributed by atoms with van der Waals surface area (Å²) in [5, 5.41) is 3.69. The fourth-order valence-corrected chi connectivity index (χ4v) is 2.65. The Bertz CT molecular complexity index is 332. The number of rotatable bonds is 3. The molecule has 1 fully saturated rings. The zero-order valence-corrected chi connectivity index (χ0v) is 10.5. The standard InChI is InChI=1S/C14H22N2/c1-11(13-6-4-5-9-15-13)16-12-7-8-14(2,3)10-12/h4-6,9,11-12,16H,7-8,10H2,1-3H3. The molecule has 2 rings (SSSR count). The molecule has 0 aliphatic heterocycles. The van der Waals surface area contributed by atoms with Gasteiger partial charge in [-0.15, -0.1) is 0 Å². The van der Waals surface area contributed by atoms with Crippen LogP contribution in [0.25, 0.3) is 0 Å². The first kappa shape index (κ1) is 11.6. The van der Waals surface area contributed by atoms with Crippen LogP contribution in [-0.2, 0) is 0 Å². The predicted octanol–water partition coefficient (Wildman–Crippen LogP) is 3.31. The Balaban J connectivity index is 1.91. The van der Waals surface area contributed by atoms with Crippen molar-refractivity contribution in [3.8, 4) is 0 Å². The monoisotopic (exact) mass is 218 g/mol. The lowest BCUT2D eigenvalue weighted by Crippen LogP contribution is -2.30. The average Bonchev–Trinajstić information content (AvgIpc) is 2.59. The van der Waals surface area contributed by atoms with Crippen LogP contribution in [0.4, 0.5) is 0 Å². The molecule has 1 aliphatic rings. The lowest BCUT2D eigenvalue weighted by atomic mass is 9.92. The normalized spacial score (nSPS) is 25.6. The van der Waals surface area contributed by atoms with E-state index in [4.69, 9.17) is 0 Å². The lowest BCUT2D eigenvalue weighted by Gasteiger charge is -2.21. The zero-order valence-electron chi connectivity index (χ0n) is 10.5. The molecule has 0 bridgehead atoms. The maximum atomic E-state index is 4.39. The van der Waals surface area contributed by atoms with Gasteiger partial charge in [0.25, 0.3) is 0 Å². The van der Waals surface area contributed by atoms with E-state index >= 15 is 0 Å². The summed E-state index contributed by atoms with van der Waals surface area (Å²) in [5.41, 5.74) is 1.66. The molecule has 0 aromatic carbocycles. The van der Waals surface area contributed by atoms with Crippen LogP contribution in [0.15, 0.2) is 24.4 Å². The molecule has 2 heteroatoms. The van der Waals surface area contributed by atoms with E-state index in [1.807, 2.05) is 12.3 Å². The summed E-state index contributed by atoms with van der Waals surface area (Å²) in [6.07, 6.45) is 5.78. The molecule has 1 aromatic heterocycles. The van der Waals surface area contributed by atoms with Crippen molar-refractivity contribution in [1.82, 2.24) is 10.3 Å². The van der Waals surface area contributed by atoms with E-state index in [1.54, 1.807) is 0 Å². The van der Waals surface area contributed by atoms with E-state index in [1.165, 1.54) is 19.3 Å². The molecule has 1 aliphatic carbocycles. The van der Waals surface area contributed by atoms with Gasteiger partial charge in [-0.2, -0.15) is 0 Å². The van der Waals surface area contributed by atoms with E-state index in [0.29, 0.717) is 17.5 Å². The number of nitrogens with one attached hydrogen (secondary N) is 1. The Labute approximate surface area is 98.5 Å². The second-order valence-electron chi connectivity index (χ2n) is 5.75.